The van der Waals surface area contributed by atoms with Crippen molar-refractivity contribution in [3.8, 4) is 44.5 Å². The zero-order valence-corrected chi connectivity index (χ0v) is 34.0. The summed E-state index contributed by atoms with van der Waals surface area (Å²) >= 11 is 0. The molecule has 10 aromatic rings. The molecule has 2 atom stereocenters. The standard InChI is InChI=1S/C58H44FN/c1-57-31-11-12-32-58(57,2)60(42-22-14-21-41(59)34-42)54-30-25-40(33-53(54)57)51-35-49(38-15-5-3-6-16-38)45-28-29-48-52(44-24-13-20-37-19-9-10-23-43(37)44)36-50(39-17-7-4-8-18-39)46-26-27-47(51)55(45)56(46)48/h3-10,13-30,33-36H,11-12,31-32H2,1-2H3. The Morgan fingerprint density at radius 3 is 1.68 bits per heavy atom. The normalized spacial score (nSPS) is 18.8. The molecule has 12 rings (SSSR count). The van der Waals surface area contributed by atoms with E-state index in [0.29, 0.717) is 0 Å². The fourth-order valence-corrected chi connectivity index (χ4v) is 11.5. The summed E-state index contributed by atoms with van der Waals surface area (Å²) in [4.78, 5) is 2.47. The van der Waals surface area contributed by atoms with E-state index in [1.54, 1.807) is 12.1 Å². The van der Waals surface area contributed by atoms with Gasteiger partial charge in [-0.2, -0.15) is 0 Å². The van der Waals surface area contributed by atoms with Gasteiger partial charge in [0, 0.05) is 16.8 Å². The van der Waals surface area contributed by atoms with Gasteiger partial charge in [-0.25, -0.2) is 4.39 Å². The third kappa shape index (κ3) is 4.97. The zero-order chi connectivity index (χ0) is 40.2. The summed E-state index contributed by atoms with van der Waals surface area (Å²) in [6.07, 6.45) is 4.51. The van der Waals surface area contributed by atoms with Crippen LogP contribution in [0.5, 0.6) is 0 Å². The molecule has 0 amide bonds. The van der Waals surface area contributed by atoms with Gasteiger partial charge < -0.3 is 4.90 Å². The van der Waals surface area contributed by atoms with Gasteiger partial charge >= 0.3 is 0 Å². The van der Waals surface area contributed by atoms with Gasteiger partial charge in [-0.05, 0) is 155 Å². The third-order valence-electron chi connectivity index (χ3n) is 14.6. The van der Waals surface area contributed by atoms with Crippen LogP contribution in [0.25, 0.3) is 87.6 Å². The van der Waals surface area contributed by atoms with Crippen LogP contribution in [-0.2, 0) is 5.41 Å². The molecule has 1 heterocycles. The van der Waals surface area contributed by atoms with Crippen molar-refractivity contribution < 1.29 is 4.39 Å². The van der Waals surface area contributed by atoms with Crippen molar-refractivity contribution in [3.63, 3.8) is 0 Å². The second-order valence-corrected chi connectivity index (χ2v) is 17.6. The third-order valence-corrected chi connectivity index (χ3v) is 14.6. The van der Waals surface area contributed by atoms with Gasteiger partial charge in [0.25, 0.3) is 0 Å². The predicted molar refractivity (Wildman–Crippen MR) is 252 cm³/mol. The maximum atomic E-state index is 14.9. The average molecular weight is 774 g/mol. The second-order valence-electron chi connectivity index (χ2n) is 17.6. The lowest BCUT2D eigenvalue weighted by atomic mass is 9.61. The molecule has 0 N–H and O–H groups in total. The molecule has 2 unspecified atom stereocenters. The molecule has 1 aliphatic carbocycles. The Labute approximate surface area is 350 Å². The van der Waals surface area contributed by atoms with E-state index in [1.165, 1.54) is 112 Å². The first kappa shape index (κ1) is 35.2. The van der Waals surface area contributed by atoms with Gasteiger partial charge in [-0.15, -0.1) is 0 Å². The zero-order valence-electron chi connectivity index (χ0n) is 34.0. The lowest BCUT2D eigenvalue weighted by Crippen LogP contribution is -2.54. The van der Waals surface area contributed by atoms with Crippen molar-refractivity contribution in [1.82, 2.24) is 0 Å². The van der Waals surface area contributed by atoms with Crippen LogP contribution in [-0.4, -0.2) is 5.54 Å². The molecule has 10 aromatic carbocycles. The fraction of sp³-hybridized carbons (Fsp3) is 0.138. The van der Waals surface area contributed by atoms with E-state index >= 15 is 0 Å². The van der Waals surface area contributed by atoms with Gasteiger partial charge in [0.15, 0.2) is 0 Å². The number of anilines is 2. The molecule has 1 nitrogen and oxygen atoms in total. The van der Waals surface area contributed by atoms with Crippen molar-refractivity contribution in [2.24, 2.45) is 0 Å². The summed E-state index contributed by atoms with van der Waals surface area (Å²) in [6.45, 7) is 4.88. The number of fused-ring (bicyclic) bond motifs is 4. The van der Waals surface area contributed by atoms with E-state index in [-0.39, 0.29) is 16.8 Å². The van der Waals surface area contributed by atoms with Gasteiger partial charge in [-0.1, -0.05) is 159 Å². The van der Waals surface area contributed by atoms with Crippen LogP contribution in [0.2, 0.25) is 0 Å². The highest BCUT2D eigenvalue weighted by atomic mass is 19.1. The Hall–Kier alpha value is -6.77. The van der Waals surface area contributed by atoms with Gasteiger partial charge in [0.1, 0.15) is 5.82 Å². The molecular formula is C58H44FN. The van der Waals surface area contributed by atoms with E-state index in [4.69, 9.17) is 0 Å². The number of rotatable bonds is 5. The quantitative estimate of drug-likeness (QED) is 0.157. The first-order chi connectivity index (χ1) is 29.4. The van der Waals surface area contributed by atoms with Gasteiger partial charge in [0.05, 0.1) is 5.54 Å². The van der Waals surface area contributed by atoms with Crippen LogP contribution in [0.15, 0.2) is 182 Å². The van der Waals surface area contributed by atoms with Crippen LogP contribution in [0, 0.1) is 5.82 Å². The first-order valence-electron chi connectivity index (χ1n) is 21.5. The maximum Gasteiger partial charge on any atom is 0.125 e. The molecule has 1 saturated carbocycles. The van der Waals surface area contributed by atoms with E-state index < -0.39 is 0 Å². The average Bonchev–Trinajstić information content (AvgIpc) is 3.50. The maximum absolute atomic E-state index is 14.9. The molecule has 288 valence electrons. The van der Waals surface area contributed by atoms with Crippen LogP contribution in [0.1, 0.15) is 45.1 Å². The topological polar surface area (TPSA) is 3.24 Å². The van der Waals surface area contributed by atoms with Crippen LogP contribution in [0.4, 0.5) is 15.8 Å². The molecule has 0 saturated heterocycles. The summed E-state index contributed by atoms with van der Waals surface area (Å²) in [6, 6.07) is 66.0. The van der Waals surface area contributed by atoms with Crippen molar-refractivity contribution in [3.05, 3.63) is 193 Å². The molecule has 0 aromatic heterocycles. The Bertz CT molecular complexity index is 3310. The summed E-state index contributed by atoms with van der Waals surface area (Å²) in [5, 5.41) is 10.2. The SMILES string of the molecule is CC12CCCCC1(C)N(c1cccc(F)c1)c1ccc(-c3cc(-c4ccccc4)c4ccc5c(-c6cccc7ccccc67)cc(-c6ccccc6)c6ccc3c4c65)cc12. The van der Waals surface area contributed by atoms with Crippen molar-refractivity contribution >= 4 is 54.5 Å². The number of nitrogens with zero attached hydrogens (tertiary/aromatic N) is 1. The number of benzene rings is 10. The summed E-state index contributed by atoms with van der Waals surface area (Å²) in [5.74, 6) is -0.195. The fourth-order valence-electron chi connectivity index (χ4n) is 11.5. The summed E-state index contributed by atoms with van der Waals surface area (Å²) in [7, 11) is 0. The molecule has 2 aliphatic rings. The molecule has 2 heteroatoms. The molecule has 1 aliphatic heterocycles. The van der Waals surface area contributed by atoms with E-state index in [1.807, 2.05) is 6.07 Å². The number of hydrogen-bond donors (Lipinski definition) is 0. The predicted octanol–water partition coefficient (Wildman–Crippen LogP) is 16.3. The minimum atomic E-state index is -0.195. The van der Waals surface area contributed by atoms with Crippen molar-refractivity contribution in [1.29, 1.82) is 0 Å². The van der Waals surface area contributed by atoms with Crippen LogP contribution >= 0.6 is 0 Å². The Balaban J connectivity index is 1.18. The van der Waals surface area contributed by atoms with Crippen molar-refractivity contribution in [2.75, 3.05) is 4.90 Å². The first-order valence-corrected chi connectivity index (χ1v) is 21.5. The summed E-state index contributed by atoms with van der Waals surface area (Å²) in [5.41, 5.74) is 13.1. The summed E-state index contributed by atoms with van der Waals surface area (Å²) < 4.78 is 14.9. The molecule has 60 heavy (non-hydrogen) atoms. The highest BCUT2D eigenvalue weighted by Crippen LogP contribution is 2.61. The molecule has 0 radical (unpaired) electrons. The van der Waals surface area contributed by atoms with Gasteiger partial charge in [0.2, 0.25) is 0 Å². The monoisotopic (exact) mass is 773 g/mol. The smallest absolute Gasteiger partial charge is 0.125 e. The van der Waals surface area contributed by atoms with E-state index in [0.717, 1.165) is 18.5 Å². The highest BCUT2D eigenvalue weighted by Gasteiger charge is 2.57. The van der Waals surface area contributed by atoms with E-state index in [2.05, 4.69) is 183 Å². The Morgan fingerprint density at radius 1 is 0.433 bits per heavy atom. The minimum Gasteiger partial charge on any atom is -0.334 e. The van der Waals surface area contributed by atoms with Crippen molar-refractivity contribution in [2.45, 2.75) is 50.5 Å². The lowest BCUT2D eigenvalue weighted by Gasteiger charge is -2.50. The number of hydrogen-bond acceptors (Lipinski definition) is 1. The molecule has 0 bridgehead atoms. The Morgan fingerprint density at radius 2 is 1.00 bits per heavy atom. The van der Waals surface area contributed by atoms with Crippen LogP contribution in [0.3, 0.4) is 0 Å². The second kappa shape index (κ2) is 13.1. The largest absolute Gasteiger partial charge is 0.334 e. The Kier molecular flexibility index (Phi) is 7.69. The lowest BCUT2D eigenvalue weighted by molar-refractivity contribution is 0.195. The minimum absolute atomic E-state index is 0.104. The molecular weight excluding hydrogens is 730 g/mol. The highest BCUT2D eigenvalue weighted by molar-refractivity contribution is 6.32. The number of halogens is 1. The molecule has 0 spiro atoms. The van der Waals surface area contributed by atoms with E-state index in [9.17, 15) is 4.39 Å². The molecule has 1 fully saturated rings. The van der Waals surface area contributed by atoms with Gasteiger partial charge in [-0.3, -0.25) is 0 Å². The van der Waals surface area contributed by atoms with Crippen LogP contribution < -0.4 is 4.90 Å².